The first-order chi connectivity index (χ1) is 5.54. The lowest BCUT2D eigenvalue weighted by Gasteiger charge is -2.22. The summed E-state index contributed by atoms with van der Waals surface area (Å²) >= 11 is 0. The van der Waals surface area contributed by atoms with Gasteiger partial charge in [0, 0.05) is 6.54 Å². The summed E-state index contributed by atoms with van der Waals surface area (Å²) in [5, 5.41) is 8.95. The molecule has 1 saturated heterocycles. The van der Waals surface area contributed by atoms with Gasteiger partial charge in [0.05, 0.1) is 0 Å². The Balaban J connectivity index is 2.70. The van der Waals surface area contributed by atoms with Crippen molar-refractivity contribution in [3.8, 4) is 0 Å². The van der Waals surface area contributed by atoms with E-state index in [2.05, 4.69) is 23.2 Å². The van der Waals surface area contributed by atoms with Gasteiger partial charge in [-0.15, -0.1) is 0 Å². The Kier molecular flexibility index (Phi) is 3.08. The van der Waals surface area contributed by atoms with Crippen LogP contribution in [0.4, 0.5) is 0 Å². The maximum atomic E-state index is 10.9. The Hall–Kier alpha value is -0.140. The van der Waals surface area contributed by atoms with Gasteiger partial charge in [0.25, 0.3) is 0 Å². The number of rotatable bonds is 2. The molecular weight excluding hydrogens is 173 g/mol. The van der Waals surface area contributed by atoms with Gasteiger partial charge in [-0.3, -0.25) is 9.46 Å². The summed E-state index contributed by atoms with van der Waals surface area (Å²) in [6, 6.07) is -0.296. The van der Waals surface area contributed by atoms with Gasteiger partial charge in [0.15, 0.2) is 0 Å². The number of aliphatic carboxylic acids is 1. The Morgan fingerprint density at radius 3 is 2.58 bits per heavy atom. The molecule has 1 aliphatic rings. The second-order valence-corrected chi connectivity index (χ2v) is 4.38. The number of hydrogen-bond acceptors (Lipinski definition) is 2. The first-order valence-corrected chi connectivity index (χ1v) is 4.80. The van der Waals surface area contributed by atoms with E-state index < -0.39 is 5.97 Å². The highest BCUT2D eigenvalue weighted by Crippen LogP contribution is 2.32. The van der Waals surface area contributed by atoms with E-state index >= 15 is 0 Å². The topological polar surface area (TPSA) is 40.5 Å². The number of carboxylic acid groups (broad SMARTS) is 1. The molecular formula is C8H16NO2P. The molecule has 0 aliphatic carbocycles. The summed E-state index contributed by atoms with van der Waals surface area (Å²) in [4.78, 5) is 10.9. The fraction of sp³-hybridized carbons (Fsp3) is 0.875. The van der Waals surface area contributed by atoms with Crippen LogP contribution in [0.3, 0.4) is 0 Å². The highest BCUT2D eigenvalue weighted by Gasteiger charge is 2.38. The molecule has 0 saturated carbocycles. The first kappa shape index (κ1) is 9.94. The second kappa shape index (κ2) is 3.71. The molecule has 0 radical (unpaired) electrons. The second-order valence-electron chi connectivity index (χ2n) is 3.72. The minimum Gasteiger partial charge on any atom is -0.480 e. The summed E-state index contributed by atoms with van der Waals surface area (Å²) in [6.45, 7) is 5.05. The predicted octanol–water partition coefficient (Wildman–Crippen LogP) is 1.21. The molecule has 0 amide bonds. The fourth-order valence-electron chi connectivity index (χ4n) is 1.86. The van der Waals surface area contributed by atoms with E-state index in [4.69, 9.17) is 5.11 Å². The lowest BCUT2D eigenvalue weighted by atomic mass is 9.89. The minimum absolute atomic E-state index is 0.296. The third-order valence-electron chi connectivity index (χ3n) is 2.59. The monoisotopic (exact) mass is 189 g/mol. The van der Waals surface area contributed by atoms with E-state index in [9.17, 15) is 4.79 Å². The van der Waals surface area contributed by atoms with E-state index in [1.165, 1.54) is 0 Å². The molecule has 1 fully saturated rings. The predicted molar refractivity (Wildman–Crippen MR) is 50.8 cm³/mol. The van der Waals surface area contributed by atoms with Crippen LogP contribution in [0.1, 0.15) is 20.3 Å². The first-order valence-electron chi connectivity index (χ1n) is 4.28. The van der Waals surface area contributed by atoms with Crippen molar-refractivity contribution in [3.05, 3.63) is 0 Å². The molecule has 1 heterocycles. The molecule has 3 nitrogen and oxygen atoms in total. The van der Waals surface area contributed by atoms with Crippen LogP contribution in [0.2, 0.25) is 0 Å². The molecule has 70 valence electrons. The molecule has 0 aromatic heterocycles. The van der Waals surface area contributed by atoms with Crippen molar-refractivity contribution in [1.29, 1.82) is 0 Å². The van der Waals surface area contributed by atoms with Crippen molar-refractivity contribution < 1.29 is 9.90 Å². The minimum atomic E-state index is -0.693. The van der Waals surface area contributed by atoms with Crippen LogP contribution >= 0.6 is 9.39 Å². The van der Waals surface area contributed by atoms with Crippen molar-refractivity contribution in [3.63, 3.8) is 0 Å². The average Bonchev–Trinajstić information content (AvgIpc) is 2.30. The standard InChI is InChI=1S/C8H16NO2P/c1-5(2)6-3-4-9(12)7(6)8(10)11/h5-7H,3-4,12H2,1-2H3,(H,10,11)/t6?,7-/m0/s1. The zero-order chi connectivity index (χ0) is 9.30. The van der Waals surface area contributed by atoms with Crippen molar-refractivity contribution in [2.24, 2.45) is 11.8 Å². The van der Waals surface area contributed by atoms with Crippen molar-refractivity contribution in [2.75, 3.05) is 6.54 Å². The molecule has 0 aromatic carbocycles. The number of carbonyl (C=O) groups is 1. The maximum Gasteiger partial charge on any atom is 0.321 e. The third kappa shape index (κ3) is 1.78. The van der Waals surface area contributed by atoms with Gasteiger partial charge in [-0.25, -0.2) is 0 Å². The maximum absolute atomic E-state index is 10.9. The highest BCUT2D eigenvalue weighted by molar-refractivity contribution is 7.13. The quantitative estimate of drug-likeness (QED) is 0.664. The normalized spacial score (nSPS) is 31.3. The molecule has 1 rings (SSSR count). The zero-order valence-electron chi connectivity index (χ0n) is 7.53. The summed E-state index contributed by atoms with van der Waals surface area (Å²) < 4.78 is 1.85. The van der Waals surface area contributed by atoms with E-state index in [1.807, 2.05) is 4.67 Å². The summed E-state index contributed by atoms with van der Waals surface area (Å²) in [6.07, 6.45) is 0.998. The van der Waals surface area contributed by atoms with Gasteiger partial charge < -0.3 is 5.11 Å². The van der Waals surface area contributed by atoms with E-state index in [1.54, 1.807) is 0 Å². The van der Waals surface area contributed by atoms with Crippen LogP contribution in [0.5, 0.6) is 0 Å². The molecule has 2 unspecified atom stereocenters. The largest absolute Gasteiger partial charge is 0.480 e. The van der Waals surface area contributed by atoms with Gasteiger partial charge in [-0.2, -0.15) is 0 Å². The van der Waals surface area contributed by atoms with Gasteiger partial charge >= 0.3 is 5.97 Å². The highest BCUT2D eigenvalue weighted by atomic mass is 31.0. The van der Waals surface area contributed by atoms with Gasteiger partial charge in [0.2, 0.25) is 0 Å². The third-order valence-corrected chi connectivity index (χ3v) is 3.17. The summed E-state index contributed by atoms with van der Waals surface area (Å²) in [5.41, 5.74) is 0. The Bertz CT molecular complexity index is 184. The Labute approximate surface area is 75.4 Å². The van der Waals surface area contributed by atoms with Crippen molar-refractivity contribution >= 4 is 15.4 Å². The SMILES string of the molecule is CC(C)C1CCN(P)[C@@H]1C(=O)O. The lowest BCUT2D eigenvalue weighted by molar-refractivity contribution is -0.142. The average molecular weight is 189 g/mol. The molecule has 4 heteroatoms. The molecule has 0 bridgehead atoms. The van der Waals surface area contributed by atoms with Crippen LogP contribution in [-0.4, -0.2) is 28.3 Å². The molecule has 1 aliphatic heterocycles. The van der Waals surface area contributed by atoms with Gasteiger partial charge in [0.1, 0.15) is 6.04 Å². The fourth-order valence-corrected chi connectivity index (χ4v) is 2.36. The number of nitrogens with zero attached hydrogens (tertiary/aromatic N) is 1. The summed E-state index contributed by atoms with van der Waals surface area (Å²) in [5.74, 6) is 0.0675. The Morgan fingerprint density at radius 1 is 1.67 bits per heavy atom. The smallest absolute Gasteiger partial charge is 0.321 e. The molecule has 12 heavy (non-hydrogen) atoms. The van der Waals surface area contributed by atoms with Crippen molar-refractivity contribution in [2.45, 2.75) is 26.3 Å². The molecule has 1 N–H and O–H groups in total. The Morgan fingerprint density at radius 2 is 2.25 bits per heavy atom. The number of carboxylic acids is 1. The number of hydrogen-bond donors (Lipinski definition) is 1. The van der Waals surface area contributed by atoms with Gasteiger partial charge in [-0.05, 0) is 18.3 Å². The molecule has 0 spiro atoms. The van der Waals surface area contributed by atoms with E-state index in [-0.39, 0.29) is 6.04 Å². The van der Waals surface area contributed by atoms with Gasteiger partial charge in [-0.1, -0.05) is 23.2 Å². The van der Waals surface area contributed by atoms with Crippen LogP contribution in [-0.2, 0) is 4.79 Å². The van der Waals surface area contributed by atoms with Crippen molar-refractivity contribution in [1.82, 2.24) is 4.67 Å². The van der Waals surface area contributed by atoms with E-state index in [0.29, 0.717) is 11.8 Å². The molecule has 0 aromatic rings. The van der Waals surface area contributed by atoms with Crippen LogP contribution in [0.25, 0.3) is 0 Å². The zero-order valence-corrected chi connectivity index (χ0v) is 8.68. The summed E-state index contributed by atoms with van der Waals surface area (Å²) in [7, 11) is 2.50. The van der Waals surface area contributed by atoms with Crippen LogP contribution in [0.15, 0.2) is 0 Å². The molecule has 3 atom stereocenters. The van der Waals surface area contributed by atoms with E-state index in [0.717, 1.165) is 13.0 Å². The van der Waals surface area contributed by atoms with Crippen LogP contribution < -0.4 is 0 Å². The van der Waals surface area contributed by atoms with Crippen LogP contribution in [0, 0.1) is 11.8 Å². The lowest BCUT2D eigenvalue weighted by Crippen LogP contribution is -2.35.